The molecule has 0 spiro atoms. The van der Waals surface area contributed by atoms with Crippen molar-refractivity contribution in [3.63, 3.8) is 0 Å². The molecule has 1 unspecified atom stereocenters. The van der Waals surface area contributed by atoms with Gasteiger partial charge in [0.2, 0.25) is 0 Å². The zero-order valence-electron chi connectivity index (χ0n) is 19.6. The monoisotopic (exact) mass is 467 g/mol. The van der Waals surface area contributed by atoms with Gasteiger partial charge in [0.25, 0.3) is 0 Å². The van der Waals surface area contributed by atoms with E-state index in [-0.39, 0.29) is 17.1 Å². The van der Waals surface area contributed by atoms with E-state index in [9.17, 15) is 4.79 Å². The van der Waals surface area contributed by atoms with Gasteiger partial charge in [-0.3, -0.25) is 0 Å². The fourth-order valence-electron chi connectivity index (χ4n) is 4.24. The lowest BCUT2D eigenvalue weighted by molar-refractivity contribution is -0.159. The van der Waals surface area contributed by atoms with E-state index in [0.717, 1.165) is 16.3 Å². The SMILES string of the molecule is Cc1c[s+](-c2ccc(OCC(=O)OC(C)(C)c3ccc4ccccc4c3)cc2)c2ccccc12. The first-order chi connectivity index (χ1) is 16.4. The van der Waals surface area contributed by atoms with Gasteiger partial charge < -0.3 is 9.47 Å². The van der Waals surface area contributed by atoms with Crippen LogP contribution >= 0.6 is 10.5 Å². The Balaban J connectivity index is 1.24. The number of aryl methyl sites for hydroxylation is 1. The normalized spacial score (nSPS) is 12.1. The van der Waals surface area contributed by atoms with Gasteiger partial charge in [-0.25, -0.2) is 4.79 Å². The number of carbonyl (C=O) groups is 1. The van der Waals surface area contributed by atoms with Gasteiger partial charge in [-0.2, -0.15) is 0 Å². The second-order valence-electron chi connectivity index (χ2n) is 8.94. The van der Waals surface area contributed by atoms with Gasteiger partial charge in [0.15, 0.2) is 16.2 Å². The lowest BCUT2D eigenvalue weighted by Crippen LogP contribution is -2.28. The lowest BCUT2D eigenvalue weighted by atomic mass is 9.95. The lowest BCUT2D eigenvalue weighted by Gasteiger charge is -2.26. The molecule has 0 N–H and O–H groups in total. The molecule has 0 aliphatic carbocycles. The predicted molar refractivity (Wildman–Crippen MR) is 141 cm³/mol. The highest BCUT2D eigenvalue weighted by Gasteiger charge is 2.26. The zero-order valence-corrected chi connectivity index (χ0v) is 20.4. The van der Waals surface area contributed by atoms with Crippen LogP contribution in [0, 0.1) is 6.92 Å². The van der Waals surface area contributed by atoms with Crippen molar-refractivity contribution >= 4 is 37.3 Å². The van der Waals surface area contributed by atoms with E-state index in [1.165, 1.54) is 20.5 Å². The second-order valence-corrected chi connectivity index (χ2v) is 10.8. The van der Waals surface area contributed by atoms with E-state index in [0.29, 0.717) is 5.75 Å². The van der Waals surface area contributed by atoms with Crippen LogP contribution in [0.25, 0.3) is 25.8 Å². The molecular formula is C30H27O3S+. The third-order valence-electron chi connectivity index (χ3n) is 6.09. The van der Waals surface area contributed by atoms with Gasteiger partial charge in [-0.1, -0.05) is 48.5 Å². The molecule has 5 aromatic rings. The molecule has 34 heavy (non-hydrogen) atoms. The molecule has 1 heterocycles. The van der Waals surface area contributed by atoms with Gasteiger partial charge >= 0.3 is 5.97 Å². The number of hydrogen-bond donors (Lipinski definition) is 0. The highest BCUT2D eigenvalue weighted by Crippen LogP contribution is 2.42. The number of fused-ring (bicyclic) bond motifs is 2. The maximum absolute atomic E-state index is 12.6. The molecule has 1 atom stereocenters. The quantitative estimate of drug-likeness (QED) is 0.188. The number of hydrogen-bond acceptors (Lipinski definition) is 3. The van der Waals surface area contributed by atoms with Crippen molar-refractivity contribution in [3.8, 4) is 10.6 Å². The summed E-state index contributed by atoms with van der Waals surface area (Å²) >= 11 is 0. The van der Waals surface area contributed by atoms with E-state index in [2.05, 4.69) is 73.0 Å². The molecule has 0 saturated carbocycles. The fraction of sp³-hybridized carbons (Fsp3) is 0.167. The Morgan fingerprint density at radius 2 is 1.56 bits per heavy atom. The molecule has 0 saturated heterocycles. The molecule has 0 aliphatic heterocycles. The third-order valence-corrected chi connectivity index (χ3v) is 8.29. The summed E-state index contributed by atoms with van der Waals surface area (Å²) < 4.78 is 12.9. The van der Waals surface area contributed by atoms with Crippen molar-refractivity contribution in [1.29, 1.82) is 0 Å². The second kappa shape index (κ2) is 8.96. The van der Waals surface area contributed by atoms with Gasteiger partial charge in [-0.05, 0) is 67.4 Å². The molecule has 0 fully saturated rings. The smallest absolute Gasteiger partial charge is 0.345 e. The van der Waals surface area contributed by atoms with Crippen LogP contribution in [-0.4, -0.2) is 12.6 Å². The maximum Gasteiger partial charge on any atom is 0.345 e. The minimum absolute atomic E-state index is 0.0708. The van der Waals surface area contributed by atoms with E-state index in [1.54, 1.807) is 0 Å². The standard InChI is InChI=1S/C30H27O3S/c1-21-20-34(28-11-7-6-10-27(21)28)26-16-14-25(15-17-26)32-19-29(31)33-30(2,3)24-13-12-22-8-4-5-9-23(22)18-24/h4-18,20H,19H2,1-3H3/q+1. The summed E-state index contributed by atoms with van der Waals surface area (Å²) in [7, 11) is -0.0708. The summed E-state index contributed by atoms with van der Waals surface area (Å²) in [5, 5.41) is 5.93. The van der Waals surface area contributed by atoms with Crippen molar-refractivity contribution in [2.45, 2.75) is 26.4 Å². The molecule has 3 nitrogen and oxygen atoms in total. The summed E-state index contributed by atoms with van der Waals surface area (Å²) in [6, 6.07) is 30.8. The highest BCUT2D eigenvalue weighted by molar-refractivity contribution is 7.43. The zero-order chi connectivity index (χ0) is 23.7. The molecule has 0 amide bonds. The maximum atomic E-state index is 12.6. The van der Waals surface area contributed by atoms with Crippen LogP contribution < -0.4 is 4.74 Å². The first-order valence-electron chi connectivity index (χ1n) is 11.4. The van der Waals surface area contributed by atoms with Crippen molar-refractivity contribution in [1.82, 2.24) is 0 Å². The Bertz CT molecular complexity index is 1480. The summed E-state index contributed by atoms with van der Waals surface area (Å²) in [4.78, 5) is 13.8. The van der Waals surface area contributed by atoms with Crippen LogP contribution in [0.2, 0.25) is 0 Å². The summed E-state index contributed by atoms with van der Waals surface area (Å²) in [5.41, 5.74) is 1.51. The number of thiophene rings is 1. The average Bonchev–Trinajstić information content (AvgIpc) is 3.19. The van der Waals surface area contributed by atoms with Crippen LogP contribution in [0.5, 0.6) is 5.75 Å². The summed E-state index contributed by atoms with van der Waals surface area (Å²) in [6.45, 7) is 5.83. The Kier molecular flexibility index (Phi) is 5.84. The number of ether oxygens (including phenoxy) is 2. The number of esters is 1. The molecule has 170 valence electrons. The van der Waals surface area contributed by atoms with Gasteiger partial charge in [0, 0.05) is 33.6 Å². The Morgan fingerprint density at radius 1 is 0.853 bits per heavy atom. The molecule has 5 rings (SSSR count). The fourth-order valence-corrected chi connectivity index (χ4v) is 6.36. The Hall–Kier alpha value is -3.63. The summed E-state index contributed by atoms with van der Waals surface area (Å²) in [5.74, 6) is 0.258. The largest absolute Gasteiger partial charge is 0.482 e. The van der Waals surface area contributed by atoms with E-state index in [1.807, 2.05) is 44.2 Å². The average molecular weight is 468 g/mol. The van der Waals surface area contributed by atoms with Crippen LogP contribution in [0.1, 0.15) is 25.0 Å². The van der Waals surface area contributed by atoms with E-state index in [4.69, 9.17) is 9.47 Å². The molecule has 4 aromatic carbocycles. The van der Waals surface area contributed by atoms with Gasteiger partial charge in [0.05, 0.1) is 0 Å². The van der Waals surface area contributed by atoms with Gasteiger partial charge in [-0.15, -0.1) is 0 Å². The topological polar surface area (TPSA) is 35.5 Å². The van der Waals surface area contributed by atoms with E-state index < -0.39 is 11.6 Å². The number of benzene rings is 4. The van der Waals surface area contributed by atoms with Crippen LogP contribution in [-0.2, 0) is 15.1 Å². The third kappa shape index (κ3) is 4.42. The molecule has 0 aliphatic rings. The number of rotatable bonds is 6. The molecule has 1 aromatic heterocycles. The molecule has 0 bridgehead atoms. The minimum atomic E-state index is -0.754. The van der Waals surface area contributed by atoms with E-state index >= 15 is 0 Å². The summed E-state index contributed by atoms with van der Waals surface area (Å²) in [6.07, 6.45) is 0. The molecule has 0 radical (unpaired) electrons. The minimum Gasteiger partial charge on any atom is -0.482 e. The van der Waals surface area contributed by atoms with Crippen LogP contribution in [0.3, 0.4) is 0 Å². The highest BCUT2D eigenvalue weighted by atomic mass is 32.2. The van der Waals surface area contributed by atoms with Crippen molar-refractivity contribution < 1.29 is 14.3 Å². The molecule has 4 heteroatoms. The Labute approximate surface area is 202 Å². The van der Waals surface area contributed by atoms with Crippen LogP contribution in [0.4, 0.5) is 0 Å². The van der Waals surface area contributed by atoms with Crippen molar-refractivity contribution in [2.24, 2.45) is 0 Å². The Morgan fingerprint density at radius 3 is 2.35 bits per heavy atom. The predicted octanol–water partition coefficient (Wildman–Crippen LogP) is 7.90. The van der Waals surface area contributed by atoms with Crippen molar-refractivity contribution in [2.75, 3.05) is 6.61 Å². The van der Waals surface area contributed by atoms with Gasteiger partial charge in [0.1, 0.15) is 16.7 Å². The van der Waals surface area contributed by atoms with Crippen LogP contribution in [0.15, 0.2) is 96.4 Å². The first kappa shape index (κ1) is 22.2. The molecular weight excluding hydrogens is 440 g/mol. The number of carbonyl (C=O) groups excluding carboxylic acids is 1. The van der Waals surface area contributed by atoms with Crippen molar-refractivity contribution in [3.05, 3.63) is 108 Å². The first-order valence-corrected chi connectivity index (χ1v) is 12.6.